The normalized spacial score (nSPS) is 10.2. The van der Waals surface area contributed by atoms with Crippen LogP contribution in [0.15, 0.2) is 30.3 Å². The van der Waals surface area contributed by atoms with Crippen LogP contribution in [0.2, 0.25) is 0 Å². The number of esters is 1. The molecule has 1 aromatic heterocycles. The van der Waals surface area contributed by atoms with Crippen molar-refractivity contribution in [3.8, 4) is 11.6 Å². The molecule has 2 rings (SSSR count). The van der Waals surface area contributed by atoms with Gasteiger partial charge < -0.3 is 9.84 Å². The van der Waals surface area contributed by atoms with Crippen LogP contribution in [0.1, 0.15) is 27.8 Å². The van der Waals surface area contributed by atoms with Gasteiger partial charge >= 0.3 is 5.97 Å². The molecule has 0 atom stereocenters. The quantitative estimate of drug-likeness (QED) is 0.666. The van der Waals surface area contributed by atoms with Crippen LogP contribution in [0.25, 0.3) is 5.69 Å². The van der Waals surface area contributed by atoms with Gasteiger partial charge in [-0.25, -0.2) is 4.79 Å². The van der Waals surface area contributed by atoms with Crippen molar-refractivity contribution in [1.29, 1.82) is 0 Å². The second-order valence-corrected chi connectivity index (χ2v) is 3.67. The largest absolute Gasteiger partial charge is 0.493 e. The number of hydrogen-bond acceptors (Lipinski definition) is 5. The summed E-state index contributed by atoms with van der Waals surface area (Å²) in [4.78, 5) is 22.6. The topological polar surface area (TPSA) is 81.4 Å². The predicted molar refractivity (Wildman–Crippen MR) is 66.6 cm³/mol. The van der Waals surface area contributed by atoms with Crippen molar-refractivity contribution in [3.63, 3.8) is 0 Å². The van der Waals surface area contributed by atoms with Crippen LogP contribution < -0.4 is 0 Å². The van der Waals surface area contributed by atoms with Crippen molar-refractivity contribution in [1.82, 2.24) is 9.78 Å². The molecule has 0 saturated heterocycles. The SMILES string of the molecule is CCOC(=O)c1nn(-c2ccccc2)c(O)c1C=O. The van der Waals surface area contributed by atoms with E-state index in [2.05, 4.69) is 5.10 Å². The first kappa shape index (κ1) is 12.8. The molecule has 0 unspecified atom stereocenters. The zero-order valence-electron chi connectivity index (χ0n) is 10.2. The molecular formula is C13H12N2O4. The summed E-state index contributed by atoms with van der Waals surface area (Å²) < 4.78 is 5.91. The molecule has 6 heteroatoms. The number of ether oxygens (including phenoxy) is 1. The number of rotatable bonds is 4. The fourth-order valence-corrected chi connectivity index (χ4v) is 1.63. The lowest BCUT2D eigenvalue weighted by Gasteiger charge is -2.01. The first-order valence-corrected chi connectivity index (χ1v) is 5.68. The Bertz CT molecular complexity index is 605. The smallest absolute Gasteiger partial charge is 0.359 e. The Morgan fingerprint density at radius 3 is 2.68 bits per heavy atom. The van der Waals surface area contributed by atoms with Gasteiger partial charge in [0.2, 0.25) is 5.88 Å². The zero-order chi connectivity index (χ0) is 13.8. The van der Waals surface area contributed by atoms with Crippen molar-refractivity contribution in [2.75, 3.05) is 6.61 Å². The molecule has 0 fully saturated rings. The highest BCUT2D eigenvalue weighted by atomic mass is 16.5. The van der Waals surface area contributed by atoms with Gasteiger partial charge in [0.15, 0.2) is 12.0 Å². The Labute approximate surface area is 109 Å². The van der Waals surface area contributed by atoms with Crippen LogP contribution in [0.4, 0.5) is 0 Å². The molecule has 2 aromatic rings. The number of hydrogen-bond donors (Lipinski definition) is 1. The first-order chi connectivity index (χ1) is 9.19. The maximum Gasteiger partial charge on any atom is 0.359 e. The minimum atomic E-state index is -0.741. The van der Waals surface area contributed by atoms with E-state index in [0.29, 0.717) is 12.0 Å². The number of aromatic nitrogens is 2. The minimum absolute atomic E-state index is 0.163. The van der Waals surface area contributed by atoms with Crippen LogP contribution in [-0.2, 0) is 4.74 Å². The molecule has 1 heterocycles. The molecule has 0 bridgehead atoms. The molecule has 1 N–H and O–H groups in total. The zero-order valence-corrected chi connectivity index (χ0v) is 10.2. The van der Waals surface area contributed by atoms with E-state index in [1.165, 1.54) is 0 Å². The molecular weight excluding hydrogens is 248 g/mol. The molecule has 0 aliphatic rings. The third-order valence-electron chi connectivity index (χ3n) is 2.48. The third kappa shape index (κ3) is 2.33. The average Bonchev–Trinajstić information content (AvgIpc) is 2.77. The van der Waals surface area contributed by atoms with E-state index in [9.17, 15) is 14.7 Å². The molecule has 0 aliphatic carbocycles. The van der Waals surface area contributed by atoms with Gasteiger partial charge in [-0.3, -0.25) is 4.79 Å². The molecule has 98 valence electrons. The molecule has 0 amide bonds. The molecule has 6 nitrogen and oxygen atoms in total. The first-order valence-electron chi connectivity index (χ1n) is 5.68. The second-order valence-electron chi connectivity index (χ2n) is 3.67. The Hall–Kier alpha value is -2.63. The maximum atomic E-state index is 11.7. The number of aromatic hydroxyl groups is 1. The average molecular weight is 260 g/mol. The molecule has 0 radical (unpaired) electrons. The van der Waals surface area contributed by atoms with Gasteiger partial charge in [0, 0.05) is 0 Å². The molecule has 1 aromatic carbocycles. The van der Waals surface area contributed by atoms with E-state index < -0.39 is 5.97 Å². The third-order valence-corrected chi connectivity index (χ3v) is 2.48. The number of para-hydroxylation sites is 1. The summed E-state index contributed by atoms with van der Waals surface area (Å²) in [5.74, 6) is -1.13. The van der Waals surface area contributed by atoms with E-state index in [0.717, 1.165) is 4.68 Å². The minimum Gasteiger partial charge on any atom is -0.493 e. The summed E-state index contributed by atoms with van der Waals surface area (Å²) in [6.45, 7) is 1.81. The van der Waals surface area contributed by atoms with E-state index in [1.54, 1.807) is 37.3 Å². The van der Waals surface area contributed by atoms with Crippen molar-refractivity contribution < 1.29 is 19.4 Å². The lowest BCUT2D eigenvalue weighted by molar-refractivity contribution is 0.0516. The summed E-state index contributed by atoms with van der Waals surface area (Å²) in [5, 5.41) is 13.9. The van der Waals surface area contributed by atoms with Crippen molar-refractivity contribution in [2.24, 2.45) is 0 Å². The van der Waals surface area contributed by atoms with Gasteiger partial charge in [-0.1, -0.05) is 18.2 Å². The summed E-state index contributed by atoms with van der Waals surface area (Å²) in [7, 11) is 0. The van der Waals surface area contributed by atoms with Crippen molar-refractivity contribution in [3.05, 3.63) is 41.6 Å². The number of carbonyl (C=O) groups is 2. The number of benzene rings is 1. The molecule has 0 aliphatic heterocycles. The Morgan fingerprint density at radius 1 is 1.42 bits per heavy atom. The van der Waals surface area contributed by atoms with Gasteiger partial charge in [0.05, 0.1) is 12.3 Å². The van der Waals surface area contributed by atoms with Crippen LogP contribution in [-0.4, -0.2) is 33.7 Å². The summed E-state index contributed by atoms with van der Waals surface area (Å²) in [6.07, 6.45) is 0.383. The van der Waals surface area contributed by atoms with Crippen LogP contribution in [0.3, 0.4) is 0 Å². The number of nitrogens with zero attached hydrogens (tertiary/aromatic N) is 2. The Morgan fingerprint density at radius 2 is 2.11 bits per heavy atom. The maximum absolute atomic E-state index is 11.7. The monoisotopic (exact) mass is 260 g/mol. The van der Waals surface area contributed by atoms with Gasteiger partial charge in [-0.05, 0) is 19.1 Å². The van der Waals surface area contributed by atoms with Gasteiger partial charge in [0.25, 0.3) is 0 Å². The van der Waals surface area contributed by atoms with E-state index in [4.69, 9.17) is 4.74 Å². The molecule has 19 heavy (non-hydrogen) atoms. The van der Waals surface area contributed by atoms with Crippen LogP contribution in [0.5, 0.6) is 5.88 Å². The van der Waals surface area contributed by atoms with Gasteiger partial charge in [-0.2, -0.15) is 9.78 Å². The number of aldehydes is 1. The van der Waals surface area contributed by atoms with Gasteiger partial charge in [0.1, 0.15) is 5.56 Å². The standard InChI is InChI=1S/C13H12N2O4/c1-2-19-13(18)11-10(8-16)12(17)15(14-11)9-6-4-3-5-7-9/h3-8,17H,2H2,1H3. The summed E-state index contributed by atoms with van der Waals surface area (Å²) in [6, 6.07) is 8.69. The summed E-state index contributed by atoms with van der Waals surface area (Å²) in [5.41, 5.74) is 0.166. The fourth-order valence-electron chi connectivity index (χ4n) is 1.63. The van der Waals surface area contributed by atoms with Crippen LogP contribution >= 0.6 is 0 Å². The highest BCUT2D eigenvalue weighted by Crippen LogP contribution is 2.23. The molecule has 0 spiro atoms. The Balaban J connectivity index is 2.53. The Kier molecular flexibility index (Phi) is 3.61. The molecule has 0 saturated carbocycles. The second kappa shape index (κ2) is 5.34. The number of carbonyl (C=O) groups excluding carboxylic acids is 2. The fraction of sp³-hybridized carbons (Fsp3) is 0.154. The highest BCUT2D eigenvalue weighted by Gasteiger charge is 2.24. The lowest BCUT2D eigenvalue weighted by Crippen LogP contribution is -2.08. The lowest BCUT2D eigenvalue weighted by atomic mass is 10.2. The predicted octanol–water partition coefficient (Wildman–Crippen LogP) is 1.57. The summed E-state index contributed by atoms with van der Waals surface area (Å²) >= 11 is 0. The van der Waals surface area contributed by atoms with E-state index >= 15 is 0 Å². The van der Waals surface area contributed by atoms with Gasteiger partial charge in [-0.15, -0.1) is 0 Å². The van der Waals surface area contributed by atoms with Crippen molar-refractivity contribution in [2.45, 2.75) is 6.92 Å². The van der Waals surface area contributed by atoms with Crippen LogP contribution in [0, 0.1) is 0 Å². The van der Waals surface area contributed by atoms with E-state index in [-0.39, 0.29) is 23.7 Å². The van der Waals surface area contributed by atoms with Crippen molar-refractivity contribution >= 4 is 12.3 Å². The van der Waals surface area contributed by atoms with E-state index in [1.807, 2.05) is 0 Å². The highest BCUT2D eigenvalue weighted by molar-refractivity contribution is 5.98.